The molecule has 1 atom stereocenters. The fraction of sp³-hybridized carbons (Fsp3) is 0.222. The summed E-state index contributed by atoms with van der Waals surface area (Å²) < 4.78 is 0. The van der Waals surface area contributed by atoms with Gasteiger partial charge in [-0.05, 0) is 17.7 Å². The molecule has 0 amide bonds. The minimum atomic E-state index is -0.333. The Morgan fingerprint density at radius 3 is 2.38 bits per heavy atom. The summed E-state index contributed by atoms with van der Waals surface area (Å²) in [7, 11) is 0. The van der Waals surface area contributed by atoms with E-state index in [-0.39, 0.29) is 11.6 Å². The molecule has 1 aromatic rings. The van der Waals surface area contributed by atoms with E-state index in [0.717, 1.165) is 17.0 Å². The van der Waals surface area contributed by atoms with Gasteiger partial charge in [-0.2, -0.15) is 0 Å². The van der Waals surface area contributed by atoms with Gasteiger partial charge in [0.15, 0.2) is 0 Å². The molecule has 0 saturated carbocycles. The summed E-state index contributed by atoms with van der Waals surface area (Å²) in [4.78, 5) is 0. The van der Waals surface area contributed by atoms with E-state index in [1.807, 2.05) is 30.4 Å². The lowest BCUT2D eigenvalue weighted by atomic mass is 9.81. The quantitative estimate of drug-likeness (QED) is 0.409. The molecular formula is C18H25N3. The highest BCUT2D eigenvalue weighted by Gasteiger charge is 2.23. The maximum atomic E-state index is 6.31. The van der Waals surface area contributed by atoms with Gasteiger partial charge in [0.2, 0.25) is 0 Å². The molecule has 3 heteroatoms. The summed E-state index contributed by atoms with van der Waals surface area (Å²) in [6.07, 6.45) is 6.70. The van der Waals surface area contributed by atoms with E-state index in [1.54, 1.807) is 12.2 Å². The Hall–Kier alpha value is -2.26. The summed E-state index contributed by atoms with van der Waals surface area (Å²) in [5.41, 5.74) is 14.6. The summed E-state index contributed by atoms with van der Waals surface area (Å²) in [5, 5.41) is 3.12. The molecule has 0 aliphatic heterocycles. The second-order valence-electron chi connectivity index (χ2n) is 5.35. The van der Waals surface area contributed by atoms with E-state index >= 15 is 0 Å². The molecule has 1 unspecified atom stereocenters. The first-order valence-electron chi connectivity index (χ1n) is 6.92. The molecule has 1 aromatic carbocycles. The van der Waals surface area contributed by atoms with Crippen LogP contribution in [-0.2, 0) is 5.41 Å². The number of nitrogens with two attached hydrogens (primary N) is 2. The van der Waals surface area contributed by atoms with Gasteiger partial charge in [-0.15, -0.1) is 0 Å². The summed E-state index contributed by atoms with van der Waals surface area (Å²) in [6.45, 7) is 11.5. The minimum Gasteiger partial charge on any atom is -0.401 e. The fourth-order valence-electron chi connectivity index (χ4n) is 1.89. The Balaban J connectivity index is 3.07. The second-order valence-corrected chi connectivity index (χ2v) is 5.35. The van der Waals surface area contributed by atoms with E-state index in [2.05, 4.69) is 44.5 Å². The number of hydrogen-bond acceptors (Lipinski definition) is 3. The molecule has 112 valence electrons. The molecular weight excluding hydrogens is 258 g/mol. The Morgan fingerprint density at radius 1 is 1.24 bits per heavy atom. The zero-order valence-electron chi connectivity index (χ0n) is 12.8. The summed E-state index contributed by atoms with van der Waals surface area (Å²) >= 11 is 0. The maximum absolute atomic E-state index is 6.31. The van der Waals surface area contributed by atoms with Gasteiger partial charge in [0.25, 0.3) is 0 Å². The lowest BCUT2D eigenvalue weighted by Crippen LogP contribution is -2.35. The lowest BCUT2D eigenvalue weighted by molar-refractivity contribution is 0.611. The van der Waals surface area contributed by atoms with Gasteiger partial charge in [0.05, 0.1) is 6.17 Å². The predicted molar refractivity (Wildman–Crippen MR) is 91.3 cm³/mol. The average Bonchev–Trinajstić information content (AvgIpc) is 2.48. The smallest absolute Gasteiger partial charge is 0.0932 e. The van der Waals surface area contributed by atoms with Crippen LogP contribution in [0.1, 0.15) is 19.4 Å². The van der Waals surface area contributed by atoms with Gasteiger partial charge in [0.1, 0.15) is 0 Å². The lowest BCUT2D eigenvalue weighted by Gasteiger charge is -2.27. The predicted octanol–water partition coefficient (Wildman–Crippen LogP) is 2.94. The molecule has 0 radical (unpaired) electrons. The van der Waals surface area contributed by atoms with Gasteiger partial charge >= 0.3 is 0 Å². The monoisotopic (exact) mass is 283 g/mol. The first-order chi connectivity index (χ1) is 9.91. The van der Waals surface area contributed by atoms with Crippen molar-refractivity contribution in [2.24, 2.45) is 11.5 Å². The molecule has 0 aliphatic rings. The third-order valence-corrected chi connectivity index (χ3v) is 3.41. The van der Waals surface area contributed by atoms with Crippen LogP contribution in [0.25, 0.3) is 0 Å². The second kappa shape index (κ2) is 7.50. The van der Waals surface area contributed by atoms with Gasteiger partial charge in [0, 0.05) is 16.8 Å². The molecule has 0 spiro atoms. The van der Waals surface area contributed by atoms with Crippen LogP contribution in [0.3, 0.4) is 0 Å². The Bertz CT molecular complexity index is 539. The number of benzene rings is 1. The van der Waals surface area contributed by atoms with Crippen LogP contribution in [0.4, 0.5) is 0 Å². The summed E-state index contributed by atoms with van der Waals surface area (Å²) in [5.74, 6) is 0. The summed E-state index contributed by atoms with van der Waals surface area (Å²) in [6, 6.07) is 10.2. The van der Waals surface area contributed by atoms with E-state index in [9.17, 15) is 0 Å². The van der Waals surface area contributed by atoms with Crippen LogP contribution in [0.5, 0.6) is 0 Å². The highest BCUT2D eigenvalue weighted by Crippen LogP contribution is 2.28. The van der Waals surface area contributed by atoms with Crippen LogP contribution in [-0.4, -0.2) is 6.17 Å². The SMILES string of the molecule is C=C/C=C(\C=C(/N)C(C)(C)c1ccccc1)NC(N)C=C. The van der Waals surface area contributed by atoms with Crippen LogP contribution < -0.4 is 16.8 Å². The standard InChI is InChI=1S/C18H25N3/c1-5-10-15(21-17(20)6-2)13-16(19)18(3,4)14-11-8-7-9-12-14/h5-13,17,21H,1-2,19-20H2,3-4H3/b15-10+,16-13-. The topological polar surface area (TPSA) is 64.1 Å². The highest BCUT2D eigenvalue weighted by molar-refractivity contribution is 5.37. The zero-order chi connectivity index (χ0) is 15.9. The fourth-order valence-corrected chi connectivity index (χ4v) is 1.89. The Kier molecular flexibility index (Phi) is 6.00. The van der Waals surface area contributed by atoms with Crippen molar-refractivity contribution in [2.75, 3.05) is 0 Å². The van der Waals surface area contributed by atoms with Crippen molar-refractivity contribution in [2.45, 2.75) is 25.4 Å². The average molecular weight is 283 g/mol. The molecule has 0 aliphatic carbocycles. The molecule has 5 N–H and O–H groups in total. The first kappa shape index (κ1) is 16.8. The van der Waals surface area contributed by atoms with Crippen molar-refractivity contribution in [3.05, 3.63) is 84.8 Å². The largest absolute Gasteiger partial charge is 0.401 e. The molecule has 0 heterocycles. The normalized spacial score (nSPS) is 14.4. The number of nitrogens with one attached hydrogen (secondary N) is 1. The third kappa shape index (κ3) is 4.65. The maximum Gasteiger partial charge on any atom is 0.0932 e. The van der Waals surface area contributed by atoms with Crippen LogP contribution in [0.2, 0.25) is 0 Å². The van der Waals surface area contributed by atoms with E-state index in [0.29, 0.717) is 0 Å². The molecule has 0 bridgehead atoms. The molecule has 0 saturated heterocycles. The van der Waals surface area contributed by atoms with Crippen molar-refractivity contribution in [3.63, 3.8) is 0 Å². The van der Waals surface area contributed by atoms with Crippen LogP contribution in [0, 0.1) is 0 Å². The highest BCUT2D eigenvalue weighted by atomic mass is 15.0. The molecule has 3 nitrogen and oxygen atoms in total. The Labute approximate surface area is 127 Å². The van der Waals surface area contributed by atoms with Crippen molar-refractivity contribution >= 4 is 0 Å². The van der Waals surface area contributed by atoms with Crippen molar-refractivity contribution in [1.82, 2.24) is 5.32 Å². The van der Waals surface area contributed by atoms with Crippen molar-refractivity contribution < 1.29 is 0 Å². The van der Waals surface area contributed by atoms with E-state index in [4.69, 9.17) is 11.5 Å². The van der Waals surface area contributed by atoms with Gasteiger partial charge < -0.3 is 16.8 Å². The van der Waals surface area contributed by atoms with Gasteiger partial charge in [-0.25, -0.2) is 0 Å². The zero-order valence-corrected chi connectivity index (χ0v) is 12.8. The van der Waals surface area contributed by atoms with Gasteiger partial charge in [-0.1, -0.05) is 69.5 Å². The van der Waals surface area contributed by atoms with Crippen LogP contribution >= 0.6 is 0 Å². The molecule has 21 heavy (non-hydrogen) atoms. The third-order valence-electron chi connectivity index (χ3n) is 3.41. The van der Waals surface area contributed by atoms with Gasteiger partial charge in [-0.3, -0.25) is 0 Å². The molecule has 1 rings (SSSR count). The van der Waals surface area contributed by atoms with E-state index in [1.165, 1.54) is 0 Å². The number of rotatable bonds is 7. The minimum absolute atomic E-state index is 0.276. The first-order valence-corrected chi connectivity index (χ1v) is 6.92. The van der Waals surface area contributed by atoms with Crippen LogP contribution in [0.15, 0.2) is 79.2 Å². The Morgan fingerprint density at radius 2 is 1.86 bits per heavy atom. The van der Waals surface area contributed by atoms with Crippen molar-refractivity contribution in [1.29, 1.82) is 0 Å². The molecule has 0 aromatic heterocycles. The number of hydrogen-bond donors (Lipinski definition) is 3. The number of allylic oxidation sites excluding steroid dienone is 4. The van der Waals surface area contributed by atoms with Crippen molar-refractivity contribution in [3.8, 4) is 0 Å². The van der Waals surface area contributed by atoms with E-state index < -0.39 is 0 Å². The molecule has 0 fully saturated rings.